The third-order valence-electron chi connectivity index (χ3n) is 2.16. The number of anilines is 1. The highest BCUT2D eigenvalue weighted by Crippen LogP contribution is 2.09. The van der Waals surface area contributed by atoms with Gasteiger partial charge in [-0.25, -0.2) is 9.59 Å². The van der Waals surface area contributed by atoms with E-state index in [1.165, 1.54) is 6.08 Å². The Morgan fingerprint density at radius 1 is 1.32 bits per heavy atom. The molecular formula is C13H16N2O4. The molecule has 1 aromatic rings. The van der Waals surface area contributed by atoms with E-state index in [2.05, 4.69) is 10.6 Å². The number of carboxylic acid groups (broad SMARTS) is 1. The van der Waals surface area contributed by atoms with E-state index in [1.54, 1.807) is 19.2 Å². The number of carbonyl (C=O) groups excluding carboxylic acids is 1. The first-order chi connectivity index (χ1) is 9.11. The third-order valence-corrected chi connectivity index (χ3v) is 2.16. The number of carboxylic acids is 1. The Hall–Kier alpha value is -2.34. The molecule has 0 saturated heterocycles. The van der Waals surface area contributed by atoms with Crippen LogP contribution in [-0.4, -0.2) is 30.8 Å². The van der Waals surface area contributed by atoms with Crippen LogP contribution >= 0.6 is 0 Å². The highest BCUT2D eigenvalue weighted by Gasteiger charge is 2.00. The molecule has 0 aliphatic heterocycles. The lowest BCUT2D eigenvalue weighted by molar-refractivity contribution is -0.131. The molecule has 102 valence electrons. The van der Waals surface area contributed by atoms with Crippen LogP contribution in [0.2, 0.25) is 0 Å². The van der Waals surface area contributed by atoms with Gasteiger partial charge in [-0.1, -0.05) is 18.2 Å². The van der Waals surface area contributed by atoms with Gasteiger partial charge < -0.3 is 20.5 Å². The minimum Gasteiger partial charge on any atom is -0.478 e. The number of carbonyl (C=O) groups is 2. The molecule has 0 unspecified atom stereocenters. The summed E-state index contributed by atoms with van der Waals surface area (Å²) in [5, 5.41) is 13.5. The molecule has 6 heteroatoms. The first-order valence-electron chi connectivity index (χ1n) is 5.64. The van der Waals surface area contributed by atoms with E-state index < -0.39 is 12.0 Å². The van der Waals surface area contributed by atoms with Crippen molar-refractivity contribution >= 4 is 17.7 Å². The molecule has 0 saturated carbocycles. The minimum absolute atomic E-state index is 0.153. The average Bonchev–Trinajstić information content (AvgIpc) is 2.37. The van der Waals surface area contributed by atoms with Crippen LogP contribution in [0.1, 0.15) is 5.56 Å². The van der Waals surface area contributed by atoms with Gasteiger partial charge in [0.25, 0.3) is 0 Å². The lowest BCUT2D eigenvalue weighted by Crippen LogP contribution is -2.28. The van der Waals surface area contributed by atoms with Gasteiger partial charge in [0, 0.05) is 25.4 Å². The van der Waals surface area contributed by atoms with Gasteiger partial charge >= 0.3 is 12.0 Å². The first-order valence-corrected chi connectivity index (χ1v) is 5.64. The predicted octanol–water partition coefficient (Wildman–Crippen LogP) is 1.60. The van der Waals surface area contributed by atoms with Gasteiger partial charge in [-0.3, -0.25) is 0 Å². The monoisotopic (exact) mass is 264 g/mol. The number of amides is 2. The van der Waals surface area contributed by atoms with E-state index in [0.29, 0.717) is 12.3 Å². The summed E-state index contributed by atoms with van der Waals surface area (Å²) in [6.07, 6.45) is 2.32. The van der Waals surface area contributed by atoms with Crippen LogP contribution in [0.3, 0.4) is 0 Å². The Morgan fingerprint density at radius 2 is 2.00 bits per heavy atom. The minimum atomic E-state index is -1.05. The molecule has 6 nitrogen and oxygen atoms in total. The maximum Gasteiger partial charge on any atom is 0.328 e. The summed E-state index contributed by atoms with van der Waals surface area (Å²) in [5.41, 5.74) is 1.66. The maximum absolute atomic E-state index is 11.4. The predicted molar refractivity (Wildman–Crippen MR) is 71.0 cm³/mol. The molecule has 0 aliphatic rings. The second-order valence-corrected chi connectivity index (χ2v) is 3.71. The Balaban J connectivity index is 2.37. The second kappa shape index (κ2) is 7.88. The van der Waals surface area contributed by atoms with Crippen molar-refractivity contribution in [1.29, 1.82) is 0 Å². The molecule has 3 N–H and O–H groups in total. The van der Waals surface area contributed by atoms with Crippen molar-refractivity contribution in [1.82, 2.24) is 5.32 Å². The Labute approximate surface area is 111 Å². The van der Waals surface area contributed by atoms with Gasteiger partial charge in [-0.05, 0) is 17.7 Å². The number of methoxy groups -OCH3 is 1. The fourth-order valence-corrected chi connectivity index (χ4v) is 1.34. The lowest BCUT2D eigenvalue weighted by Gasteiger charge is -2.06. The van der Waals surface area contributed by atoms with Gasteiger partial charge in [0.15, 0.2) is 0 Å². The molecule has 1 aromatic carbocycles. The number of benzene rings is 1. The van der Waals surface area contributed by atoms with Crippen LogP contribution in [0.4, 0.5) is 10.5 Å². The number of rotatable bonds is 6. The quantitative estimate of drug-likeness (QED) is 0.681. The molecule has 0 atom stereocenters. The summed E-state index contributed by atoms with van der Waals surface area (Å²) >= 11 is 0. The van der Waals surface area contributed by atoms with E-state index in [9.17, 15) is 9.59 Å². The number of urea groups is 1. The van der Waals surface area contributed by atoms with Crippen molar-refractivity contribution in [2.75, 3.05) is 19.0 Å². The van der Waals surface area contributed by atoms with Gasteiger partial charge in [0.2, 0.25) is 0 Å². The zero-order valence-electron chi connectivity index (χ0n) is 10.6. The summed E-state index contributed by atoms with van der Waals surface area (Å²) in [6, 6.07) is 6.84. The summed E-state index contributed by atoms with van der Waals surface area (Å²) in [4.78, 5) is 21.6. The smallest absolute Gasteiger partial charge is 0.328 e. The Kier molecular flexibility index (Phi) is 6.11. The largest absolute Gasteiger partial charge is 0.478 e. The standard InChI is InChI=1S/C13H16N2O4/c1-19-9-10-4-6-11(7-5-10)15-13(18)14-8-2-3-12(16)17/h2-7H,8-9H2,1H3,(H,16,17)(H2,14,15,18)/b3-2+. The Bertz CT molecular complexity index is 454. The summed E-state index contributed by atoms with van der Waals surface area (Å²) in [6.45, 7) is 0.673. The van der Waals surface area contributed by atoms with Crippen LogP contribution < -0.4 is 10.6 Å². The van der Waals surface area contributed by atoms with Crippen LogP contribution in [-0.2, 0) is 16.1 Å². The number of aliphatic carboxylic acids is 1. The summed E-state index contributed by atoms with van der Waals surface area (Å²) < 4.78 is 4.98. The SMILES string of the molecule is COCc1ccc(NC(=O)NC/C=C/C(=O)O)cc1. The highest BCUT2D eigenvalue weighted by atomic mass is 16.5. The van der Waals surface area contributed by atoms with Crippen LogP contribution in [0, 0.1) is 0 Å². The molecule has 0 aliphatic carbocycles. The molecule has 19 heavy (non-hydrogen) atoms. The second-order valence-electron chi connectivity index (χ2n) is 3.71. The van der Waals surface area contributed by atoms with Crippen molar-refractivity contribution in [2.45, 2.75) is 6.61 Å². The maximum atomic E-state index is 11.4. The van der Waals surface area contributed by atoms with E-state index >= 15 is 0 Å². The molecule has 0 fully saturated rings. The van der Waals surface area contributed by atoms with Crippen molar-refractivity contribution < 1.29 is 19.4 Å². The molecule has 0 bridgehead atoms. The zero-order chi connectivity index (χ0) is 14.1. The summed E-state index contributed by atoms with van der Waals surface area (Å²) in [5.74, 6) is -1.05. The van der Waals surface area contributed by atoms with Crippen molar-refractivity contribution in [3.8, 4) is 0 Å². The van der Waals surface area contributed by atoms with Gasteiger partial charge in [-0.2, -0.15) is 0 Å². The van der Waals surface area contributed by atoms with Crippen LogP contribution in [0.5, 0.6) is 0 Å². The van der Waals surface area contributed by atoms with E-state index in [1.807, 2.05) is 12.1 Å². The number of ether oxygens (including phenoxy) is 1. The fourth-order valence-electron chi connectivity index (χ4n) is 1.34. The topological polar surface area (TPSA) is 87.7 Å². The lowest BCUT2D eigenvalue weighted by atomic mass is 10.2. The fraction of sp³-hybridized carbons (Fsp3) is 0.231. The van der Waals surface area contributed by atoms with Gasteiger partial charge in [0.05, 0.1) is 6.61 Å². The van der Waals surface area contributed by atoms with Crippen molar-refractivity contribution in [3.63, 3.8) is 0 Å². The molecule has 0 radical (unpaired) electrons. The average molecular weight is 264 g/mol. The third kappa shape index (κ3) is 6.23. The zero-order valence-corrected chi connectivity index (χ0v) is 10.6. The van der Waals surface area contributed by atoms with E-state index in [0.717, 1.165) is 11.6 Å². The normalized spacial score (nSPS) is 10.4. The molecule has 0 spiro atoms. The van der Waals surface area contributed by atoms with E-state index in [4.69, 9.17) is 9.84 Å². The molecule has 1 rings (SSSR count). The first kappa shape index (κ1) is 14.7. The number of nitrogens with one attached hydrogen (secondary N) is 2. The highest BCUT2D eigenvalue weighted by molar-refractivity contribution is 5.89. The number of hydrogen-bond donors (Lipinski definition) is 3. The molecular weight excluding hydrogens is 248 g/mol. The van der Waals surface area contributed by atoms with Crippen LogP contribution in [0.25, 0.3) is 0 Å². The van der Waals surface area contributed by atoms with Gasteiger partial charge in [-0.15, -0.1) is 0 Å². The van der Waals surface area contributed by atoms with Gasteiger partial charge in [0.1, 0.15) is 0 Å². The summed E-state index contributed by atoms with van der Waals surface area (Å²) in [7, 11) is 1.62. The van der Waals surface area contributed by atoms with Crippen molar-refractivity contribution in [2.24, 2.45) is 0 Å². The van der Waals surface area contributed by atoms with Crippen molar-refractivity contribution in [3.05, 3.63) is 42.0 Å². The molecule has 0 heterocycles. The Morgan fingerprint density at radius 3 is 2.58 bits per heavy atom. The molecule has 0 aromatic heterocycles. The van der Waals surface area contributed by atoms with Crippen LogP contribution in [0.15, 0.2) is 36.4 Å². The molecule has 2 amide bonds. The number of hydrogen-bond acceptors (Lipinski definition) is 3. The van der Waals surface area contributed by atoms with E-state index in [-0.39, 0.29) is 6.54 Å².